The van der Waals surface area contributed by atoms with Gasteiger partial charge in [0.15, 0.2) is 0 Å². The van der Waals surface area contributed by atoms with Gasteiger partial charge in [0.1, 0.15) is 18.1 Å². The Hall–Kier alpha value is -2.96. The SMILES string of the molecule is CCc1cc(-c2ccc(Cl)cc2)c(OCc2ccccc2)cc1OCCCCCC(C)(C)C#N. The Kier molecular flexibility index (Phi) is 9.42. The third-order valence-corrected chi connectivity index (χ3v) is 6.19. The quantitative estimate of drug-likeness (QED) is 0.246. The molecule has 0 saturated heterocycles. The van der Waals surface area contributed by atoms with Crippen LogP contribution in [0.5, 0.6) is 11.5 Å². The minimum atomic E-state index is -0.251. The molecule has 3 aromatic rings. The first-order chi connectivity index (χ1) is 16.4. The largest absolute Gasteiger partial charge is 0.493 e. The molecule has 0 saturated carbocycles. The molecule has 3 aromatic carbocycles. The van der Waals surface area contributed by atoms with Crippen molar-refractivity contribution >= 4 is 11.6 Å². The first kappa shape index (κ1) is 25.7. The van der Waals surface area contributed by atoms with E-state index in [4.69, 9.17) is 21.1 Å². The average molecular weight is 476 g/mol. The second kappa shape index (κ2) is 12.5. The molecule has 0 aromatic heterocycles. The predicted molar refractivity (Wildman–Crippen MR) is 140 cm³/mol. The van der Waals surface area contributed by atoms with Gasteiger partial charge in [-0.05, 0) is 68.0 Å². The number of rotatable bonds is 12. The Bertz CT molecular complexity index is 1090. The Balaban J connectivity index is 1.75. The van der Waals surface area contributed by atoms with E-state index < -0.39 is 0 Å². The minimum Gasteiger partial charge on any atom is -0.493 e. The van der Waals surface area contributed by atoms with E-state index >= 15 is 0 Å². The number of unbranched alkanes of at least 4 members (excludes halogenated alkanes) is 2. The second-order valence-electron chi connectivity index (χ2n) is 9.25. The van der Waals surface area contributed by atoms with Crippen LogP contribution in [0.25, 0.3) is 11.1 Å². The van der Waals surface area contributed by atoms with E-state index in [2.05, 4.69) is 31.2 Å². The average Bonchev–Trinajstić information content (AvgIpc) is 2.86. The summed E-state index contributed by atoms with van der Waals surface area (Å²) < 4.78 is 12.5. The molecule has 0 amide bonds. The van der Waals surface area contributed by atoms with Gasteiger partial charge in [0.05, 0.1) is 18.1 Å². The van der Waals surface area contributed by atoms with E-state index in [1.54, 1.807) is 0 Å². The molecule has 0 fully saturated rings. The zero-order valence-electron chi connectivity index (χ0n) is 20.4. The lowest BCUT2D eigenvalue weighted by atomic mass is 9.89. The van der Waals surface area contributed by atoms with Gasteiger partial charge >= 0.3 is 0 Å². The summed E-state index contributed by atoms with van der Waals surface area (Å²) >= 11 is 6.12. The van der Waals surface area contributed by atoms with E-state index in [-0.39, 0.29) is 5.41 Å². The van der Waals surface area contributed by atoms with Crippen LogP contribution in [-0.2, 0) is 13.0 Å². The molecule has 0 atom stereocenters. The molecule has 3 rings (SSSR count). The summed E-state index contributed by atoms with van der Waals surface area (Å²) in [5, 5.41) is 9.88. The first-order valence-electron chi connectivity index (χ1n) is 12.1. The lowest BCUT2D eigenvalue weighted by Crippen LogP contribution is -2.07. The van der Waals surface area contributed by atoms with E-state index in [0.717, 1.165) is 65.9 Å². The molecule has 3 nitrogen and oxygen atoms in total. The molecule has 0 N–H and O–H groups in total. The van der Waals surface area contributed by atoms with E-state index in [1.807, 2.05) is 62.4 Å². The van der Waals surface area contributed by atoms with E-state index in [9.17, 15) is 5.26 Å². The van der Waals surface area contributed by atoms with Gasteiger partial charge in [0.2, 0.25) is 0 Å². The molecule has 34 heavy (non-hydrogen) atoms. The molecule has 4 heteroatoms. The fourth-order valence-corrected chi connectivity index (χ4v) is 3.94. The van der Waals surface area contributed by atoms with Crippen LogP contribution < -0.4 is 9.47 Å². The Morgan fingerprint density at radius 2 is 1.62 bits per heavy atom. The van der Waals surface area contributed by atoms with Crippen molar-refractivity contribution in [3.63, 3.8) is 0 Å². The summed E-state index contributed by atoms with van der Waals surface area (Å²) in [7, 11) is 0. The number of aryl methyl sites for hydroxylation is 1. The molecule has 0 radical (unpaired) electrons. The summed E-state index contributed by atoms with van der Waals surface area (Å²) in [6.07, 6.45) is 4.82. The second-order valence-corrected chi connectivity index (χ2v) is 9.68. The summed E-state index contributed by atoms with van der Waals surface area (Å²) in [5.41, 5.74) is 4.12. The number of halogens is 1. The van der Waals surface area contributed by atoms with Crippen LogP contribution in [0.2, 0.25) is 5.02 Å². The Labute approximate surface area is 209 Å². The molecule has 0 bridgehead atoms. The van der Waals surface area contributed by atoms with Crippen LogP contribution in [0, 0.1) is 16.7 Å². The summed E-state index contributed by atoms with van der Waals surface area (Å²) in [4.78, 5) is 0. The lowest BCUT2D eigenvalue weighted by molar-refractivity contribution is 0.286. The molecule has 0 unspecified atom stereocenters. The van der Waals surface area contributed by atoms with Gasteiger partial charge in [-0.25, -0.2) is 0 Å². The molecule has 0 aliphatic carbocycles. The fourth-order valence-electron chi connectivity index (χ4n) is 3.81. The van der Waals surface area contributed by atoms with Gasteiger partial charge in [0, 0.05) is 16.7 Å². The topological polar surface area (TPSA) is 42.2 Å². The lowest BCUT2D eigenvalue weighted by Gasteiger charge is -2.18. The van der Waals surface area contributed by atoms with Crippen molar-refractivity contribution in [2.24, 2.45) is 5.41 Å². The van der Waals surface area contributed by atoms with Crippen LogP contribution in [0.1, 0.15) is 57.6 Å². The van der Waals surface area contributed by atoms with Crippen molar-refractivity contribution < 1.29 is 9.47 Å². The predicted octanol–water partition coefficient (Wildman–Crippen LogP) is 8.64. The normalized spacial score (nSPS) is 11.1. The molecule has 178 valence electrons. The van der Waals surface area contributed by atoms with E-state index in [0.29, 0.717) is 18.2 Å². The monoisotopic (exact) mass is 475 g/mol. The number of nitriles is 1. The summed E-state index contributed by atoms with van der Waals surface area (Å²) in [6.45, 7) is 7.27. The number of hydrogen-bond acceptors (Lipinski definition) is 3. The smallest absolute Gasteiger partial charge is 0.131 e. The third kappa shape index (κ3) is 7.54. The highest BCUT2D eigenvalue weighted by Gasteiger charge is 2.16. The summed E-state index contributed by atoms with van der Waals surface area (Å²) in [5.74, 6) is 1.68. The van der Waals surface area contributed by atoms with Crippen molar-refractivity contribution in [1.82, 2.24) is 0 Å². The molecule has 0 spiro atoms. The summed E-state index contributed by atoms with van der Waals surface area (Å²) in [6, 6.07) is 24.6. The van der Waals surface area contributed by atoms with Crippen LogP contribution in [0.4, 0.5) is 0 Å². The van der Waals surface area contributed by atoms with Gasteiger partial charge < -0.3 is 9.47 Å². The third-order valence-electron chi connectivity index (χ3n) is 5.94. The van der Waals surface area contributed by atoms with Crippen molar-refractivity contribution in [2.45, 2.75) is 59.5 Å². The van der Waals surface area contributed by atoms with Crippen LogP contribution in [-0.4, -0.2) is 6.61 Å². The zero-order chi connectivity index (χ0) is 24.4. The van der Waals surface area contributed by atoms with Gasteiger partial charge in [0.25, 0.3) is 0 Å². The molecule has 0 aliphatic rings. The van der Waals surface area contributed by atoms with Gasteiger partial charge in [-0.1, -0.05) is 73.8 Å². The molecule has 0 heterocycles. The number of benzene rings is 3. The fraction of sp³-hybridized carbons (Fsp3) is 0.367. The zero-order valence-corrected chi connectivity index (χ0v) is 21.2. The Morgan fingerprint density at radius 1 is 0.882 bits per heavy atom. The van der Waals surface area contributed by atoms with E-state index in [1.165, 1.54) is 0 Å². The van der Waals surface area contributed by atoms with Crippen LogP contribution in [0.15, 0.2) is 66.7 Å². The number of hydrogen-bond donors (Lipinski definition) is 0. The Morgan fingerprint density at radius 3 is 2.29 bits per heavy atom. The highest BCUT2D eigenvalue weighted by Crippen LogP contribution is 2.37. The minimum absolute atomic E-state index is 0.251. The number of ether oxygens (including phenoxy) is 2. The van der Waals surface area contributed by atoms with Gasteiger partial charge in [-0.15, -0.1) is 0 Å². The van der Waals surface area contributed by atoms with Crippen molar-refractivity contribution in [3.8, 4) is 28.7 Å². The van der Waals surface area contributed by atoms with Crippen LogP contribution >= 0.6 is 11.6 Å². The maximum absolute atomic E-state index is 9.17. The van der Waals surface area contributed by atoms with Crippen molar-refractivity contribution in [3.05, 3.63) is 82.9 Å². The first-order valence-corrected chi connectivity index (χ1v) is 12.4. The van der Waals surface area contributed by atoms with Crippen molar-refractivity contribution in [2.75, 3.05) is 6.61 Å². The maximum atomic E-state index is 9.17. The molecular formula is C30H34ClNO2. The van der Waals surface area contributed by atoms with Crippen molar-refractivity contribution in [1.29, 1.82) is 5.26 Å². The molecular weight excluding hydrogens is 442 g/mol. The number of nitrogens with zero attached hydrogens (tertiary/aromatic N) is 1. The van der Waals surface area contributed by atoms with Gasteiger partial charge in [-0.2, -0.15) is 5.26 Å². The highest BCUT2D eigenvalue weighted by atomic mass is 35.5. The van der Waals surface area contributed by atoms with Crippen LogP contribution in [0.3, 0.4) is 0 Å². The maximum Gasteiger partial charge on any atom is 0.131 e. The highest BCUT2D eigenvalue weighted by molar-refractivity contribution is 6.30. The van der Waals surface area contributed by atoms with Gasteiger partial charge in [-0.3, -0.25) is 0 Å². The standard InChI is InChI=1S/C30H34ClNO2/c1-4-24-19-27(25-13-15-26(31)16-14-25)29(34-21-23-11-7-5-8-12-23)20-28(24)33-18-10-6-9-17-30(2,3)22-32/h5,7-8,11-16,19-20H,4,6,9-10,17-18,21H2,1-3H3. The molecule has 0 aliphatic heterocycles.